The lowest BCUT2D eigenvalue weighted by molar-refractivity contribution is -0.113. The Morgan fingerprint density at radius 2 is 1.92 bits per heavy atom. The highest BCUT2D eigenvalue weighted by Crippen LogP contribution is 2.45. The Balaban J connectivity index is 1.81. The first-order chi connectivity index (χ1) is 12.0. The zero-order valence-corrected chi connectivity index (χ0v) is 15.3. The lowest BCUT2D eigenvalue weighted by Gasteiger charge is -2.27. The molecule has 1 aromatic rings. The molecule has 2 aliphatic carbocycles. The summed E-state index contributed by atoms with van der Waals surface area (Å²) in [6, 6.07) is 7.17. The second-order valence-electron chi connectivity index (χ2n) is 7.13. The summed E-state index contributed by atoms with van der Waals surface area (Å²) >= 11 is 0. The fraction of sp³-hybridized carbons (Fsp3) is 0.455. The Kier molecular flexibility index (Phi) is 5.22. The number of Topliss-reactive ketones (excluding diaryl/α,β-unsaturated/α-hetero) is 2. The largest absolute Gasteiger partial charge is 0.497 e. The quantitative estimate of drug-likeness (QED) is 0.692. The molecule has 0 aliphatic heterocycles. The molecule has 0 spiro atoms. The monoisotopic (exact) mass is 338 g/mol. The normalized spacial score (nSPS) is 22.4. The molecule has 0 radical (unpaired) electrons. The van der Waals surface area contributed by atoms with E-state index in [2.05, 4.69) is 13.0 Å². The number of allylic oxidation sites excluding steroid dienone is 4. The smallest absolute Gasteiger partial charge is 0.167 e. The molecule has 25 heavy (non-hydrogen) atoms. The number of rotatable bonds is 6. The Bertz CT molecular complexity index is 737. The van der Waals surface area contributed by atoms with E-state index in [0.29, 0.717) is 17.9 Å². The van der Waals surface area contributed by atoms with Gasteiger partial charge in [-0.05, 0) is 67.9 Å². The number of carbonyl (C=O) groups is 2. The number of ketones is 2. The Labute approximate surface area is 149 Å². The van der Waals surface area contributed by atoms with Crippen LogP contribution in [0.15, 0.2) is 47.1 Å². The summed E-state index contributed by atoms with van der Waals surface area (Å²) in [6.45, 7) is 3.86. The maximum atomic E-state index is 12.7. The van der Waals surface area contributed by atoms with Gasteiger partial charge in [-0.25, -0.2) is 0 Å². The predicted molar refractivity (Wildman–Crippen MR) is 98.9 cm³/mol. The number of benzene rings is 1. The molecule has 1 fully saturated rings. The van der Waals surface area contributed by atoms with E-state index >= 15 is 0 Å². The van der Waals surface area contributed by atoms with E-state index in [1.807, 2.05) is 0 Å². The minimum Gasteiger partial charge on any atom is -0.497 e. The lowest BCUT2D eigenvalue weighted by atomic mass is 9.77. The number of hydrogen-bond acceptors (Lipinski definition) is 3. The molecule has 0 aromatic heterocycles. The molecule has 3 rings (SSSR count). The van der Waals surface area contributed by atoms with Crippen LogP contribution < -0.4 is 4.74 Å². The van der Waals surface area contributed by atoms with Crippen molar-refractivity contribution in [3.05, 3.63) is 52.6 Å². The van der Waals surface area contributed by atoms with E-state index in [-0.39, 0.29) is 11.6 Å². The van der Waals surface area contributed by atoms with Crippen LogP contribution in [-0.4, -0.2) is 18.7 Å². The van der Waals surface area contributed by atoms with Crippen LogP contribution in [0.25, 0.3) is 0 Å². The van der Waals surface area contributed by atoms with E-state index in [1.165, 1.54) is 12.0 Å². The average Bonchev–Trinajstić information content (AvgIpc) is 2.98. The van der Waals surface area contributed by atoms with Crippen molar-refractivity contribution >= 4 is 11.6 Å². The Morgan fingerprint density at radius 3 is 2.52 bits per heavy atom. The van der Waals surface area contributed by atoms with Crippen molar-refractivity contribution in [2.24, 2.45) is 11.8 Å². The lowest BCUT2D eigenvalue weighted by Crippen LogP contribution is -2.16. The molecule has 2 unspecified atom stereocenters. The number of carbonyl (C=O) groups excluding carboxylic acids is 2. The molecule has 0 bridgehead atoms. The standard InChI is InChI=1S/C22H26O3/c1-4-15-5-10-20-17(11-15)12-18(22(20)14(2)23)13-21(24)16-6-8-19(25-3)9-7-16/h6-9,12,15,17H,4-5,10-11,13H2,1-3H3. The van der Waals surface area contributed by atoms with Gasteiger partial charge in [-0.15, -0.1) is 0 Å². The highest BCUT2D eigenvalue weighted by molar-refractivity contribution is 6.04. The molecule has 1 aromatic carbocycles. The maximum Gasteiger partial charge on any atom is 0.167 e. The topological polar surface area (TPSA) is 43.4 Å². The van der Waals surface area contributed by atoms with E-state index in [1.54, 1.807) is 38.3 Å². The van der Waals surface area contributed by atoms with Gasteiger partial charge < -0.3 is 4.74 Å². The number of fused-ring (bicyclic) bond motifs is 1. The summed E-state index contributed by atoms with van der Waals surface area (Å²) in [5, 5.41) is 0. The number of ether oxygens (including phenoxy) is 1. The number of hydrogen-bond donors (Lipinski definition) is 0. The van der Waals surface area contributed by atoms with Gasteiger partial charge in [0.15, 0.2) is 11.6 Å². The summed E-state index contributed by atoms with van der Waals surface area (Å²) in [4.78, 5) is 24.9. The molecule has 1 saturated carbocycles. The molecule has 0 saturated heterocycles. The molecule has 2 aliphatic rings. The van der Waals surface area contributed by atoms with Gasteiger partial charge in [-0.3, -0.25) is 9.59 Å². The molecule has 132 valence electrons. The molecular weight excluding hydrogens is 312 g/mol. The Morgan fingerprint density at radius 1 is 1.20 bits per heavy atom. The first-order valence-electron chi connectivity index (χ1n) is 9.15. The van der Waals surface area contributed by atoms with Crippen molar-refractivity contribution in [1.29, 1.82) is 0 Å². The zero-order chi connectivity index (χ0) is 18.0. The van der Waals surface area contributed by atoms with Gasteiger partial charge >= 0.3 is 0 Å². The molecule has 3 heteroatoms. The Hall–Kier alpha value is -2.16. The van der Waals surface area contributed by atoms with Crippen LogP contribution in [0.3, 0.4) is 0 Å². The summed E-state index contributed by atoms with van der Waals surface area (Å²) in [5.74, 6) is 1.98. The molecule has 2 atom stereocenters. The SMILES string of the molecule is CCC1CCC2=C(C(C)=O)C(CC(=O)c3ccc(OC)cc3)=CC2C1. The minimum atomic E-state index is 0.0546. The van der Waals surface area contributed by atoms with Crippen LogP contribution in [0.1, 0.15) is 56.3 Å². The number of methoxy groups -OCH3 is 1. The summed E-state index contributed by atoms with van der Waals surface area (Å²) < 4.78 is 5.14. The van der Waals surface area contributed by atoms with Gasteiger partial charge in [-0.1, -0.05) is 25.0 Å². The third-order valence-electron chi connectivity index (χ3n) is 5.59. The van der Waals surface area contributed by atoms with Crippen molar-refractivity contribution in [2.45, 2.75) is 46.0 Å². The predicted octanol–water partition coefficient (Wildman–Crippen LogP) is 4.92. The van der Waals surface area contributed by atoms with Crippen molar-refractivity contribution < 1.29 is 14.3 Å². The van der Waals surface area contributed by atoms with Crippen LogP contribution in [-0.2, 0) is 4.79 Å². The fourth-order valence-electron chi connectivity index (χ4n) is 4.20. The van der Waals surface area contributed by atoms with Crippen LogP contribution in [0.5, 0.6) is 5.75 Å². The van der Waals surface area contributed by atoms with Crippen molar-refractivity contribution in [3.63, 3.8) is 0 Å². The van der Waals surface area contributed by atoms with Crippen molar-refractivity contribution in [1.82, 2.24) is 0 Å². The van der Waals surface area contributed by atoms with Gasteiger partial charge in [0.2, 0.25) is 0 Å². The van der Waals surface area contributed by atoms with Crippen molar-refractivity contribution in [2.75, 3.05) is 7.11 Å². The summed E-state index contributed by atoms with van der Waals surface area (Å²) in [7, 11) is 1.61. The van der Waals surface area contributed by atoms with Crippen LogP contribution >= 0.6 is 0 Å². The molecule has 0 amide bonds. The second kappa shape index (κ2) is 7.38. The third kappa shape index (κ3) is 3.60. The van der Waals surface area contributed by atoms with Crippen LogP contribution in [0.4, 0.5) is 0 Å². The van der Waals surface area contributed by atoms with Gasteiger partial charge in [0.05, 0.1) is 7.11 Å². The molecular formula is C22H26O3. The second-order valence-corrected chi connectivity index (χ2v) is 7.13. The summed E-state index contributed by atoms with van der Waals surface area (Å²) in [5.41, 5.74) is 3.71. The van der Waals surface area contributed by atoms with E-state index in [9.17, 15) is 9.59 Å². The van der Waals surface area contributed by atoms with Crippen LogP contribution in [0, 0.1) is 11.8 Å². The van der Waals surface area contributed by atoms with E-state index in [0.717, 1.165) is 42.1 Å². The van der Waals surface area contributed by atoms with Gasteiger partial charge in [0, 0.05) is 17.6 Å². The first-order valence-corrected chi connectivity index (χ1v) is 9.15. The summed E-state index contributed by atoms with van der Waals surface area (Å²) in [6.07, 6.45) is 6.95. The van der Waals surface area contributed by atoms with E-state index in [4.69, 9.17) is 4.74 Å². The van der Waals surface area contributed by atoms with Crippen LogP contribution in [0.2, 0.25) is 0 Å². The van der Waals surface area contributed by atoms with Crippen molar-refractivity contribution in [3.8, 4) is 5.75 Å². The highest BCUT2D eigenvalue weighted by Gasteiger charge is 2.33. The van der Waals surface area contributed by atoms with Gasteiger partial charge in [-0.2, -0.15) is 0 Å². The molecule has 0 N–H and O–H groups in total. The average molecular weight is 338 g/mol. The molecule has 3 nitrogen and oxygen atoms in total. The van der Waals surface area contributed by atoms with E-state index < -0.39 is 0 Å². The zero-order valence-electron chi connectivity index (χ0n) is 15.3. The van der Waals surface area contributed by atoms with Gasteiger partial charge in [0.25, 0.3) is 0 Å². The third-order valence-corrected chi connectivity index (χ3v) is 5.59. The van der Waals surface area contributed by atoms with Gasteiger partial charge in [0.1, 0.15) is 5.75 Å². The first kappa shape index (κ1) is 17.7. The highest BCUT2D eigenvalue weighted by atomic mass is 16.5. The fourth-order valence-corrected chi connectivity index (χ4v) is 4.20. The maximum absolute atomic E-state index is 12.7. The molecule has 0 heterocycles. The minimum absolute atomic E-state index is 0.0546.